The van der Waals surface area contributed by atoms with Crippen molar-refractivity contribution in [1.29, 1.82) is 0 Å². The molecule has 3 heteroatoms. The summed E-state index contributed by atoms with van der Waals surface area (Å²) in [5.41, 5.74) is 1.10. The first-order valence-electron chi connectivity index (χ1n) is 6.43. The van der Waals surface area contributed by atoms with Crippen LogP contribution in [0.1, 0.15) is 19.8 Å². The smallest absolute Gasteiger partial charge is 0.142 e. The Morgan fingerprint density at radius 2 is 2.06 bits per heavy atom. The molecule has 1 aliphatic heterocycles. The summed E-state index contributed by atoms with van der Waals surface area (Å²) in [7, 11) is 0. The molecule has 0 aromatic heterocycles. The van der Waals surface area contributed by atoms with E-state index in [9.17, 15) is 0 Å². The van der Waals surface area contributed by atoms with Gasteiger partial charge in [-0.15, -0.1) is 0 Å². The summed E-state index contributed by atoms with van der Waals surface area (Å²) >= 11 is 0. The molecule has 0 atom stereocenters. The normalized spacial score (nSPS) is 16.8. The van der Waals surface area contributed by atoms with Crippen molar-refractivity contribution in [1.82, 2.24) is 0 Å². The molecule has 0 amide bonds. The molecule has 1 N–H and O–H groups in total. The first-order valence-corrected chi connectivity index (χ1v) is 6.43. The van der Waals surface area contributed by atoms with Gasteiger partial charge in [0, 0.05) is 19.8 Å². The van der Waals surface area contributed by atoms with Gasteiger partial charge in [0.2, 0.25) is 0 Å². The largest absolute Gasteiger partial charge is 0.492 e. The molecule has 0 bridgehead atoms. The van der Waals surface area contributed by atoms with Crippen molar-refractivity contribution in [2.45, 2.75) is 19.8 Å². The van der Waals surface area contributed by atoms with Crippen molar-refractivity contribution in [3.8, 4) is 5.75 Å². The Kier molecular flexibility index (Phi) is 4.68. The van der Waals surface area contributed by atoms with E-state index in [-0.39, 0.29) is 0 Å². The van der Waals surface area contributed by atoms with Crippen molar-refractivity contribution in [3.05, 3.63) is 24.3 Å². The summed E-state index contributed by atoms with van der Waals surface area (Å²) in [5.74, 6) is 1.67. The lowest BCUT2D eigenvalue weighted by molar-refractivity contribution is 0.0699. The molecule has 0 unspecified atom stereocenters. The van der Waals surface area contributed by atoms with E-state index in [2.05, 4.69) is 11.4 Å². The summed E-state index contributed by atoms with van der Waals surface area (Å²) in [6, 6.07) is 8.12. The van der Waals surface area contributed by atoms with E-state index in [0.29, 0.717) is 6.61 Å². The lowest BCUT2D eigenvalue weighted by Gasteiger charge is -2.23. The zero-order valence-corrected chi connectivity index (χ0v) is 10.4. The molecule has 1 aromatic carbocycles. The van der Waals surface area contributed by atoms with Crippen LogP contribution in [-0.2, 0) is 4.74 Å². The predicted molar refractivity (Wildman–Crippen MR) is 69.6 cm³/mol. The number of benzene rings is 1. The molecule has 1 saturated heterocycles. The van der Waals surface area contributed by atoms with E-state index in [0.717, 1.165) is 50.0 Å². The summed E-state index contributed by atoms with van der Waals surface area (Å²) < 4.78 is 11.0. The van der Waals surface area contributed by atoms with Gasteiger partial charge < -0.3 is 14.8 Å². The minimum absolute atomic E-state index is 0.704. The van der Waals surface area contributed by atoms with Crippen LogP contribution in [-0.4, -0.2) is 26.4 Å². The minimum Gasteiger partial charge on any atom is -0.492 e. The second kappa shape index (κ2) is 6.50. The molecular formula is C14H21NO2. The maximum absolute atomic E-state index is 5.59. The number of hydrogen-bond acceptors (Lipinski definition) is 3. The van der Waals surface area contributed by atoms with E-state index in [4.69, 9.17) is 9.47 Å². The standard InChI is InChI=1S/C14H21NO2/c1-2-17-14-6-4-3-5-13(14)15-11-12-7-9-16-10-8-12/h3-6,12,15H,2,7-11H2,1H3. The van der Waals surface area contributed by atoms with Crippen LogP contribution in [0.2, 0.25) is 0 Å². The van der Waals surface area contributed by atoms with Crippen LogP contribution >= 0.6 is 0 Å². The highest BCUT2D eigenvalue weighted by atomic mass is 16.5. The fraction of sp³-hybridized carbons (Fsp3) is 0.571. The van der Waals surface area contributed by atoms with Crippen LogP contribution in [0.15, 0.2) is 24.3 Å². The van der Waals surface area contributed by atoms with E-state index in [1.165, 1.54) is 0 Å². The summed E-state index contributed by atoms with van der Waals surface area (Å²) in [5, 5.41) is 3.49. The third-order valence-electron chi connectivity index (χ3n) is 3.11. The highest BCUT2D eigenvalue weighted by Gasteiger charge is 2.13. The molecular weight excluding hydrogens is 214 g/mol. The topological polar surface area (TPSA) is 30.5 Å². The van der Waals surface area contributed by atoms with Gasteiger partial charge in [-0.25, -0.2) is 0 Å². The molecule has 0 radical (unpaired) electrons. The monoisotopic (exact) mass is 235 g/mol. The minimum atomic E-state index is 0.704. The van der Waals surface area contributed by atoms with Crippen molar-refractivity contribution in [2.24, 2.45) is 5.92 Å². The van der Waals surface area contributed by atoms with E-state index in [1.807, 2.05) is 25.1 Å². The van der Waals surface area contributed by atoms with Gasteiger partial charge in [-0.2, -0.15) is 0 Å². The molecule has 2 rings (SSSR count). The Morgan fingerprint density at radius 3 is 2.82 bits per heavy atom. The van der Waals surface area contributed by atoms with Crippen LogP contribution < -0.4 is 10.1 Å². The highest BCUT2D eigenvalue weighted by Crippen LogP contribution is 2.25. The lowest BCUT2D eigenvalue weighted by Crippen LogP contribution is -2.22. The van der Waals surface area contributed by atoms with Gasteiger partial charge in [-0.3, -0.25) is 0 Å². The third kappa shape index (κ3) is 3.63. The third-order valence-corrected chi connectivity index (χ3v) is 3.11. The number of rotatable bonds is 5. The van der Waals surface area contributed by atoms with Crippen LogP contribution in [0.5, 0.6) is 5.75 Å². The Labute approximate surface area is 103 Å². The quantitative estimate of drug-likeness (QED) is 0.851. The van der Waals surface area contributed by atoms with Crippen molar-refractivity contribution < 1.29 is 9.47 Å². The average molecular weight is 235 g/mol. The predicted octanol–water partition coefficient (Wildman–Crippen LogP) is 2.92. The second-order valence-electron chi connectivity index (χ2n) is 4.37. The maximum Gasteiger partial charge on any atom is 0.142 e. The van der Waals surface area contributed by atoms with Gasteiger partial charge >= 0.3 is 0 Å². The van der Waals surface area contributed by atoms with Gasteiger partial charge in [-0.1, -0.05) is 12.1 Å². The van der Waals surface area contributed by atoms with Gasteiger partial charge in [0.1, 0.15) is 5.75 Å². The molecule has 17 heavy (non-hydrogen) atoms. The molecule has 1 aliphatic rings. The Bertz CT molecular complexity index is 335. The zero-order chi connectivity index (χ0) is 11.9. The molecule has 3 nitrogen and oxygen atoms in total. The summed E-state index contributed by atoms with van der Waals surface area (Å²) in [4.78, 5) is 0. The van der Waals surface area contributed by atoms with Crippen molar-refractivity contribution in [2.75, 3.05) is 31.7 Å². The fourth-order valence-corrected chi connectivity index (χ4v) is 2.10. The molecule has 1 heterocycles. The SMILES string of the molecule is CCOc1ccccc1NCC1CCOCC1. The van der Waals surface area contributed by atoms with Gasteiger partial charge in [0.05, 0.1) is 12.3 Å². The van der Waals surface area contributed by atoms with Crippen LogP contribution in [0.25, 0.3) is 0 Å². The maximum atomic E-state index is 5.59. The van der Waals surface area contributed by atoms with Crippen molar-refractivity contribution >= 4 is 5.69 Å². The van der Waals surface area contributed by atoms with Gasteiger partial charge in [0.15, 0.2) is 0 Å². The van der Waals surface area contributed by atoms with Crippen LogP contribution in [0.3, 0.4) is 0 Å². The fourth-order valence-electron chi connectivity index (χ4n) is 2.10. The number of hydrogen-bond donors (Lipinski definition) is 1. The Morgan fingerprint density at radius 1 is 1.29 bits per heavy atom. The van der Waals surface area contributed by atoms with Gasteiger partial charge in [-0.05, 0) is 37.8 Å². The molecule has 1 aromatic rings. The number of anilines is 1. The van der Waals surface area contributed by atoms with E-state index >= 15 is 0 Å². The molecule has 0 aliphatic carbocycles. The highest BCUT2D eigenvalue weighted by molar-refractivity contribution is 5.56. The first-order chi connectivity index (χ1) is 8.40. The van der Waals surface area contributed by atoms with E-state index < -0.39 is 0 Å². The Balaban J connectivity index is 1.88. The number of nitrogens with one attached hydrogen (secondary N) is 1. The van der Waals surface area contributed by atoms with Crippen LogP contribution in [0.4, 0.5) is 5.69 Å². The molecule has 0 spiro atoms. The van der Waals surface area contributed by atoms with Gasteiger partial charge in [0.25, 0.3) is 0 Å². The van der Waals surface area contributed by atoms with Crippen molar-refractivity contribution in [3.63, 3.8) is 0 Å². The second-order valence-corrected chi connectivity index (χ2v) is 4.37. The van der Waals surface area contributed by atoms with E-state index in [1.54, 1.807) is 0 Å². The summed E-state index contributed by atoms with van der Waals surface area (Å²) in [6.45, 7) is 5.53. The zero-order valence-electron chi connectivity index (χ0n) is 10.4. The number of para-hydroxylation sites is 2. The Hall–Kier alpha value is -1.22. The van der Waals surface area contributed by atoms with Crippen LogP contribution in [0, 0.1) is 5.92 Å². The molecule has 94 valence electrons. The molecule has 1 fully saturated rings. The first kappa shape index (κ1) is 12.2. The number of ether oxygens (including phenoxy) is 2. The summed E-state index contributed by atoms with van der Waals surface area (Å²) in [6.07, 6.45) is 2.31. The lowest BCUT2D eigenvalue weighted by atomic mass is 10.0. The average Bonchev–Trinajstić information content (AvgIpc) is 2.39. The molecule has 0 saturated carbocycles.